The van der Waals surface area contributed by atoms with E-state index in [4.69, 9.17) is 9.47 Å². The van der Waals surface area contributed by atoms with E-state index in [9.17, 15) is 14.7 Å². The van der Waals surface area contributed by atoms with Gasteiger partial charge < -0.3 is 24.8 Å². The van der Waals surface area contributed by atoms with Crippen molar-refractivity contribution in [3.8, 4) is 0 Å². The van der Waals surface area contributed by atoms with Crippen LogP contribution in [-0.4, -0.2) is 67.6 Å². The highest BCUT2D eigenvalue weighted by atomic mass is 16.5. The minimum atomic E-state index is -0.281. The Kier molecular flexibility index (Phi) is 39.3. The van der Waals surface area contributed by atoms with Crippen LogP contribution >= 0.6 is 0 Å². The zero-order chi connectivity index (χ0) is 36.6. The fraction of sp³-hybridized carbons (Fsp3) is 0.953. The van der Waals surface area contributed by atoms with Gasteiger partial charge in [-0.05, 0) is 70.9 Å². The lowest BCUT2D eigenvalue weighted by Gasteiger charge is -2.21. The number of nitrogens with zero attached hydrogens (tertiary/aromatic N) is 1. The first kappa shape index (κ1) is 48.7. The van der Waals surface area contributed by atoms with Gasteiger partial charge in [0.1, 0.15) is 6.10 Å². The first-order valence-electron chi connectivity index (χ1n) is 22.0. The van der Waals surface area contributed by atoms with E-state index in [0.717, 1.165) is 96.7 Å². The van der Waals surface area contributed by atoms with E-state index < -0.39 is 0 Å². The summed E-state index contributed by atoms with van der Waals surface area (Å²) in [5.41, 5.74) is 0. The smallest absolute Gasteiger partial charge is 0.407 e. The average molecular weight is 711 g/mol. The van der Waals surface area contributed by atoms with Crippen molar-refractivity contribution in [2.75, 3.05) is 39.4 Å². The Morgan fingerprint density at radius 2 is 0.980 bits per heavy atom. The van der Waals surface area contributed by atoms with Gasteiger partial charge in [0, 0.05) is 19.5 Å². The maximum absolute atomic E-state index is 12.7. The Bertz CT molecular complexity index is 691. The maximum Gasteiger partial charge on any atom is 0.407 e. The van der Waals surface area contributed by atoms with Gasteiger partial charge in [-0.3, -0.25) is 4.79 Å². The van der Waals surface area contributed by atoms with Gasteiger partial charge in [0.05, 0.1) is 13.2 Å². The standard InChI is InChI=1S/C43H86N2O5/c1-4-7-10-13-16-21-28-35-44-43(48)49-40-31-24-23-30-37-45(38-39-46)36-29-22-17-20-27-34-42(47)50-41(32-25-18-14-11-8-5-2)33-26-19-15-12-9-6-3/h41,46H,4-40H2,1-3H3,(H,44,48). The number of rotatable bonds is 40. The van der Waals surface area contributed by atoms with Crippen LogP contribution in [0.25, 0.3) is 0 Å². The van der Waals surface area contributed by atoms with E-state index in [2.05, 4.69) is 31.0 Å². The van der Waals surface area contributed by atoms with E-state index in [0.29, 0.717) is 19.6 Å². The lowest BCUT2D eigenvalue weighted by molar-refractivity contribution is -0.150. The highest BCUT2D eigenvalue weighted by Gasteiger charge is 2.14. The molecule has 0 fully saturated rings. The van der Waals surface area contributed by atoms with Crippen LogP contribution in [0.4, 0.5) is 4.79 Å². The SMILES string of the molecule is CCCCCCCCCNC(=O)OCCCCCCN(CCO)CCCCCCCC(=O)OC(CCCCCCCC)CCCCCCCC. The van der Waals surface area contributed by atoms with Gasteiger partial charge in [-0.2, -0.15) is 0 Å². The van der Waals surface area contributed by atoms with Crippen LogP contribution in [0.15, 0.2) is 0 Å². The van der Waals surface area contributed by atoms with E-state index in [1.807, 2.05) is 0 Å². The topological polar surface area (TPSA) is 88.1 Å². The van der Waals surface area contributed by atoms with Crippen LogP contribution in [0.5, 0.6) is 0 Å². The molecule has 0 unspecified atom stereocenters. The second-order valence-corrected chi connectivity index (χ2v) is 14.9. The second kappa shape index (κ2) is 40.4. The zero-order valence-electron chi connectivity index (χ0n) is 33.8. The molecule has 2 N–H and O–H groups in total. The van der Waals surface area contributed by atoms with Crippen molar-refractivity contribution < 1.29 is 24.2 Å². The van der Waals surface area contributed by atoms with Crippen LogP contribution in [0.1, 0.15) is 220 Å². The van der Waals surface area contributed by atoms with Gasteiger partial charge in [0.2, 0.25) is 0 Å². The number of nitrogens with one attached hydrogen (secondary N) is 1. The van der Waals surface area contributed by atoms with E-state index in [-0.39, 0.29) is 24.8 Å². The summed E-state index contributed by atoms with van der Waals surface area (Å²) in [5, 5.41) is 12.4. The van der Waals surface area contributed by atoms with Crippen molar-refractivity contribution in [1.29, 1.82) is 0 Å². The molecule has 298 valence electrons. The third kappa shape index (κ3) is 36.5. The number of carbonyl (C=O) groups is 2. The predicted molar refractivity (Wildman–Crippen MR) is 213 cm³/mol. The molecule has 0 spiro atoms. The summed E-state index contributed by atoms with van der Waals surface area (Å²) in [5.74, 6) is 0.00900. The van der Waals surface area contributed by atoms with Crippen LogP contribution in [0.2, 0.25) is 0 Å². The van der Waals surface area contributed by atoms with Gasteiger partial charge in [-0.1, -0.05) is 156 Å². The second-order valence-electron chi connectivity index (χ2n) is 14.9. The molecule has 0 aliphatic rings. The fourth-order valence-corrected chi connectivity index (χ4v) is 6.70. The third-order valence-electron chi connectivity index (χ3n) is 9.98. The Morgan fingerprint density at radius 1 is 0.540 bits per heavy atom. The first-order chi connectivity index (χ1) is 24.6. The Balaban J connectivity index is 3.94. The Morgan fingerprint density at radius 3 is 1.50 bits per heavy atom. The molecule has 0 saturated heterocycles. The molecule has 0 saturated carbocycles. The number of aliphatic hydroxyl groups excluding tert-OH is 1. The van der Waals surface area contributed by atoms with Crippen molar-refractivity contribution in [3.63, 3.8) is 0 Å². The van der Waals surface area contributed by atoms with Crippen LogP contribution < -0.4 is 5.32 Å². The molecular weight excluding hydrogens is 624 g/mol. The molecule has 0 heterocycles. The molecule has 0 aliphatic carbocycles. The Hall–Kier alpha value is -1.34. The number of carbonyl (C=O) groups excluding carboxylic acids is 2. The molecular formula is C43H86N2O5. The summed E-state index contributed by atoms with van der Waals surface area (Å²) in [4.78, 5) is 26.9. The predicted octanol–water partition coefficient (Wildman–Crippen LogP) is 12.1. The zero-order valence-corrected chi connectivity index (χ0v) is 33.8. The van der Waals surface area contributed by atoms with E-state index >= 15 is 0 Å². The summed E-state index contributed by atoms with van der Waals surface area (Å²) in [6.07, 6.45) is 36.1. The number of unbranched alkanes of at least 4 members (excludes halogenated alkanes) is 23. The minimum Gasteiger partial charge on any atom is -0.462 e. The quantitative estimate of drug-likeness (QED) is 0.0486. The molecule has 0 aliphatic heterocycles. The molecule has 7 heteroatoms. The lowest BCUT2D eigenvalue weighted by atomic mass is 10.0. The van der Waals surface area contributed by atoms with Gasteiger partial charge in [0.25, 0.3) is 0 Å². The average Bonchev–Trinajstić information content (AvgIpc) is 3.11. The molecule has 0 radical (unpaired) electrons. The van der Waals surface area contributed by atoms with Crippen molar-refractivity contribution in [3.05, 3.63) is 0 Å². The fourth-order valence-electron chi connectivity index (χ4n) is 6.70. The Labute approximate surface area is 311 Å². The molecule has 1 amide bonds. The maximum atomic E-state index is 12.7. The molecule has 50 heavy (non-hydrogen) atoms. The summed E-state index contributed by atoms with van der Waals surface area (Å²) in [6.45, 7) is 10.9. The van der Waals surface area contributed by atoms with E-state index in [1.165, 1.54) is 116 Å². The minimum absolute atomic E-state index is 0.00900. The van der Waals surface area contributed by atoms with Gasteiger partial charge in [-0.25, -0.2) is 4.79 Å². The molecule has 0 atom stereocenters. The molecule has 0 aromatic heterocycles. The van der Waals surface area contributed by atoms with E-state index in [1.54, 1.807) is 0 Å². The number of aliphatic hydroxyl groups is 1. The van der Waals surface area contributed by atoms with Crippen LogP contribution in [-0.2, 0) is 14.3 Å². The molecule has 0 bridgehead atoms. The van der Waals surface area contributed by atoms with Crippen molar-refractivity contribution in [2.45, 2.75) is 226 Å². The van der Waals surface area contributed by atoms with Crippen LogP contribution in [0, 0.1) is 0 Å². The number of esters is 1. The normalized spacial score (nSPS) is 11.5. The number of amides is 1. The lowest BCUT2D eigenvalue weighted by Crippen LogP contribution is -2.29. The van der Waals surface area contributed by atoms with Gasteiger partial charge in [-0.15, -0.1) is 0 Å². The monoisotopic (exact) mass is 711 g/mol. The van der Waals surface area contributed by atoms with Gasteiger partial charge >= 0.3 is 12.1 Å². The molecule has 0 aromatic rings. The molecule has 0 aromatic carbocycles. The van der Waals surface area contributed by atoms with Crippen LogP contribution in [0.3, 0.4) is 0 Å². The third-order valence-corrected chi connectivity index (χ3v) is 9.98. The summed E-state index contributed by atoms with van der Waals surface area (Å²) >= 11 is 0. The van der Waals surface area contributed by atoms with Crippen molar-refractivity contribution >= 4 is 12.1 Å². The first-order valence-corrected chi connectivity index (χ1v) is 22.0. The summed E-state index contributed by atoms with van der Waals surface area (Å²) in [6, 6.07) is 0. The molecule has 0 rings (SSSR count). The van der Waals surface area contributed by atoms with Crippen molar-refractivity contribution in [1.82, 2.24) is 10.2 Å². The largest absolute Gasteiger partial charge is 0.462 e. The highest BCUT2D eigenvalue weighted by molar-refractivity contribution is 5.69. The van der Waals surface area contributed by atoms with Crippen molar-refractivity contribution in [2.24, 2.45) is 0 Å². The summed E-state index contributed by atoms with van der Waals surface area (Å²) in [7, 11) is 0. The summed E-state index contributed by atoms with van der Waals surface area (Å²) < 4.78 is 11.3. The highest BCUT2D eigenvalue weighted by Crippen LogP contribution is 2.18. The van der Waals surface area contributed by atoms with Gasteiger partial charge in [0.15, 0.2) is 0 Å². The number of ether oxygens (including phenoxy) is 2. The number of hydrogen-bond acceptors (Lipinski definition) is 6. The number of alkyl carbamates (subject to hydrolysis) is 1. The number of hydrogen-bond donors (Lipinski definition) is 2. The molecule has 7 nitrogen and oxygen atoms in total.